The van der Waals surface area contributed by atoms with Crippen LogP contribution in [0.2, 0.25) is 0 Å². The van der Waals surface area contributed by atoms with E-state index in [0.717, 1.165) is 12.8 Å². The average Bonchev–Trinajstić information content (AvgIpc) is 2.65. The van der Waals surface area contributed by atoms with Gasteiger partial charge in [-0.3, -0.25) is 0 Å². The molecule has 0 amide bonds. The molecular weight excluding hydrogens is 204 g/mol. The number of carboxylic acids is 1. The van der Waals surface area contributed by atoms with Gasteiger partial charge in [0, 0.05) is 11.7 Å². The second-order valence-corrected chi connectivity index (χ2v) is 4.60. The largest absolute Gasteiger partial charge is 0.476 e. The molecule has 0 saturated heterocycles. The Kier molecular flexibility index (Phi) is 2.81. The summed E-state index contributed by atoms with van der Waals surface area (Å²) in [4.78, 5) is 14.9. The van der Waals surface area contributed by atoms with Crippen molar-refractivity contribution in [3.05, 3.63) is 24.0 Å². The SMILES string of the molecule is CC1(Nc2cccnc2C(=O)O)CCCC1. The minimum absolute atomic E-state index is 0.0211. The fourth-order valence-electron chi connectivity index (χ4n) is 2.28. The smallest absolute Gasteiger partial charge is 0.356 e. The molecule has 0 bridgehead atoms. The third-order valence-electron chi connectivity index (χ3n) is 3.15. The lowest BCUT2D eigenvalue weighted by Gasteiger charge is -2.27. The first-order valence-electron chi connectivity index (χ1n) is 5.57. The van der Waals surface area contributed by atoms with Gasteiger partial charge >= 0.3 is 5.97 Å². The predicted octanol–water partition coefficient (Wildman–Crippen LogP) is 2.52. The van der Waals surface area contributed by atoms with Crippen LogP contribution in [0.3, 0.4) is 0 Å². The van der Waals surface area contributed by atoms with Crippen molar-refractivity contribution in [1.82, 2.24) is 4.98 Å². The summed E-state index contributed by atoms with van der Waals surface area (Å²) in [6.45, 7) is 2.14. The van der Waals surface area contributed by atoms with Crippen molar-refractivity contribution in [3.8, 4) is 0 Å². The molecule has 0 aliphatic heterocycles. The number of carbonyl (C=O) groups is 1. The van der Waals surface area contributed by atoms with E-state index in [0.29, 0.717) is 5.69 Å². The Morgan fingerprint density at radius 1 is 1.50 bits per heavy atom. The van der Waals surface area contributed by atoms with E-state index in [1.54, 1.807) is 12.1 Å². The maximum absolute atomic E-state index is 11.0. The Hall–Kier alpha value is -1.58. The molecule has 1 aliphatic carbocycles. The van der Waals surface area contributed by atoms with Crippen molar-refractivity contribution in [3.63, 3.8) is 0 Å². The molecule has 1 heterocycles. The molecule has 2 rings (SSSR count). The summed E-state index contributed by atoms with van der Waals surface area (Å²) in [5, 5.41) is 12.3. The van der Waals surface area contributed by atoms with Crippen LogP contribution in [0.5, 0.6) is 0 Å². The summed E-state index contributed by atoms with van der Waals surface area (Å²) >= 11 is 0. The Bertz CT molecular complexity index is 398. The van der Waals surface area contributed by atoms with Crippen molar-refractivity contribution in [2.75, 3.05) is 5.32 Å². The van der Waals surface area contributed by atoms with E-state index in [4.69, 9.17) is 5.11 Å². The second kappa shape index (κ2) is 4.12. The van der Waals surface area contributed by atoms with Gasteiger partial charge in [-0.15, -0.1) is 0 Å². The zero-order chi connectivity index (χ0) is 11.6. The van der Waals surface area contributed by atoms with Gasteiger partial charge in [-0.2, -0.15) is 0 Å². The molecule has 1 saturated carbocycles. The molecule has 16 heavy (non-hydrogen) atoms. The van der Waals surface area contributed by atoms with Gasteiger partial charge in [-0.1, -0.05) is 12.8 Å². The highest BCUT2D eigenvalue weighted by Crippen LogP contribution is 2.33. The van der Waals surface area contributed by atoms with Crippen LogP contribution in [0.15, 0.2) is 18.3 Å². The quantitative estimate of drug-likeness (QED) is 0.821. The zero-order valence-electron chi connectivity index (χ0n) is 9.36. The number of pyridine rings is 1. The maximum atomic E-state index is 11.0. The van der Waals surface area contributed by atoms with E-state index in [1.165, 1.54) is 19.0 Å². The number of nitrogens with one attached hydrogen (secondary N) is 1. The average molecular weight is 220 g/mol. The van der Waals surface area contributed by atoms with Gasteiger partial charge in [0.05, 0.1) is 5.69 Å². The van der Waals surface area contributed by atoms with Gasteiger partial charge in [0.15, 0.2) is 5.69 Å². The van der Waals surface area contributed by atoms with Gasteiger partial charge in [0.25, 0.3) is 0 Å². The van der Waals surface area contributed by atoms with Gasteiger partial charge in [-0.05, 0) is 31.9 Å². The molecular formula is C12H16N2O2. The van der Waals surface area contributed by atoms with Gasteiger partial charge in [-0.25, -0.2) is 9.78 Å². The predicted molar refractivity (Wildman–Crippen MR) is 61.7 cm³/mol. The minimum Gasteiger partial charge on any atom is -0.476 e. The van der Waals surface area contributed by atoms with Crippen LogP contribution < -0.4 is 5.32 Å². The van der Waals surface area contributed by atoms with Crippen LogP contribution in [-0.2, 0) is 0 Å². The number of aromatic carboxylic acids is 1. The van der Waals surface area contributed by atoms with Crippen LogP contribution in [0.4, 0.5) is 5.69 Å². The number of aromatic nitrogens is 1. The summed E-state index contributed by atoms with van der Waals surface area (Å²) in [5.74, 6) is -0.982. The Balaban J connectivity index is 2.23. The molecule has 86 valence electrons. The van der Waals surface area contributed by atoms with Crippen molar-refractivity contribution in [1.29, 1.82) is 0 Å². The minimum atomic E-state index is -0.982. The monoisotopic (exact) mass is 220 g/mol. The zero-order valence-corrected chi connectivity index (χ0v) is 9.36. The maximum Gasteiger partial charge on any atom is 0.356 e. The second-order valence-electron chi connectivity index (χ2n) is 4.60. The van der Waals surface area contributed by atoms with Crippen molar-refractivity contribution in [2.24, 2.45) is 0 Å². The van der Waals surface area contributed by atoms with Crippen LogP contribution in [0.25, 0.3) is 0 Å². The lowest BCUT2D eigenvalue weighted by Crippen LogP contribution is -2.31. The molecule has 0 aromatic carbocycles. The third-order valence-corrected chi connectivity index (χ3v) is 3.15. The fraction of sp³-hybridized carbons (Fsp3) is 0.500. The lowest BCUT2D eigenvalue weighted by molar-refractivity contribution is 0.0691. The van der Waals surface area contributed by atoms with Crippen molar-refractivity contribution < 1.29 is 9.90 Å². The highest BCUT2D eigenvalue weighted by molar-refractivity contribution is 5.91. The summed E-state index contributed by atoms with van der Waals surface area (Å²) < 4.78 is 0. The first kappa shape index (κ1) is 10.9. The van der Waals surface area contributed by atoms with Gasteiger partial charge < -0.3 is 10.4 Å². The van der Waals surface area contributed by atoms with Gasteiger partial charge in [0.1, 0.15) is 0 Å². The van der Waals surface area contributed by atoms with Crippen LogP contribution >= 0.6 is 0 Å². The number of anilines is 1. The van der Waals surface area contributed by atoms with E-state index in [-0.39, 0.29) is 11.2 Å². The normalized spacial score (nSPS) is 18.3. The molecule has 1 aromatic rings. The molecule has 4 heteroatoms. The van der Waals surface area contributed by atoms with E-state index >= 15 is 0 Å². The Labute approximate surface area is 94.7 Å². The van der Waals surface area contributed by atoms with Crippen molar-refractivity contribution in [2.45, 2.75) is 38.1 Å². The molecule has 2 N–H and O–H groups in total. The summed E-state index contributed by atoms with van der Waals surface area (Å²) in [7, 11) is 0. The number of carboxylic acid groups (broad SMARTS) is 1. The molecule has 1 aliphatic rings. The summed E-state index contributed by atoms with van der Waals surface area (Å²) in [5.41, 5.74) is 0.753. The standard InChI is InChI=1S/C12H16N2O2/c1-12(6-2-3-7-12)14-9-5-4-8-13-10(9)11(15)16/h4-5,8,14H,2-3,6-7H2,1H3,(H,15,16). The highest BCUT2D eigenvalue weighted by atomic mass is 16.4. The molecule has 1 fully saturated rings. The summed E-state index contributed by atoms with van der Waals surface area (Å²) in [6.07, 6.45) is 6.08. The van der Waals surface area contributed by atoms with Crippen LogP contribution in [0, 0.1) is 0 Å². The molecule has 0 atom stereocenters. The number of hydrogen-bond donors (Lipinski definition) is 2. The molecule has 1 aromatic heterocycles. The third kappa shape index (κ3) is 2.15. The topological polar surface area (TPSA) is 62.2 Å². The van der Waals surface area contributed by atoms with Crippen LogP contribution in [-0.4, -0.2) is 21.6 Å². The molecule has 0 spiro atoms. The first-order chi connectivity index (χ1) is 7.61. The van der Waals surface area contributed by atoms with Crippen molar-refractivity contribution >= 4 is 11.7 Å². The number of hydrogen-bond acceptors (Lipinski definition) is 3. The first-order valence-corrected chi connectivity index (χ1v) is 5.57. The van der Waals surface area contributed by atoms with E-state index in [2.05, 4.69) is 17.2 Å². The molecule has 4 nitrogen and oxygen atoms in total. The number of nitrogens with zero attached hydrogens (tertiary/aromatic N) is 1. The molecule has 0 radical (unpaired) electrons. The lowest BCUT2D eigenvalue weighted by atomic mass is 10.00. The Morgan fingerprint density at radius 3 is 2.81 bits per heavy atom. The fourth-order valence-corrected chi connectivity index (χ4v) is 2.28. The van der Waals surface area contributed by atoms with Gasteiger partial charge in [0.2, 0.25) is 0 Å². The van der Waals surface area contributed by atoms with E-state index in [1.807, 2.05) is 0 Å². The highest BCUT2D eigenvalue weighted by Gasteiger charge is 2.29. The van der Waals surface area contributed by atoms with Crippen LogP contribution in [0.1, 0.15) is 43.1 Å². The Morgan fingerprint density at radius 2 is 2.19 bits per heavy atom. The number of rotatable bonds is 3. The van der Waals surface area contributed by atoms with E-state index in [9.17, 15) is 4.79 Å². The molecule has 0 unspecified atom stereocenters. The summed E-state index contributed by atoms with van der Waals surface area (Å²) in [6, 6.07) is 3.53. The van der Waals surface area contributed by atoms with E-state index < -0.39 is 5.97 Å².